The second-order valence-corrected chi connectivity index (χ2v) is 6.89. The number of carbonyl (C=O) groups excluding carboxylic acids is 1. The number of likely N-dealkylation sites (N-methyl/N-ethyl adjacent to an activating group) is 1. The van der Waals surface area contributed by atoms with Gasteiger partial charge in [-0.05, 0) is 38.4 Å². The Labute approximate surface area is 159 Å². The summed E-state index contributed by atoms with van der Waals surface area (Å²) in [6.45, 7) is 4.07. The lowest BCUT2D eigenvalue weighted by atomic mass is 10.2. The molecule has 2 aromatic rings. The van der Waals surface area contributed by atoms with Crippen molar-refractivity contribution in [1.29, 1.82) is 0 Å². The molecule has 1 aromatic heterocycles. The minimum absolute atomic E-state index is 0.0319. The predicted molar refractivity (Wildman–Crippen MR) is 106 cm³/mol. The Hall–Kier alpha value is -2.67. The highest BCUT2D eigenvalue weighted by Gasteiger charge is 2.23. The van der Waals surface area contributed by atoms with Gasteiger partial charge < -0.3 is 20.0 Å². The molecule has 1 fully saturated rings. The molecule has 0 spiro atoms. The number of aromatic nitrogens is 1. The van der Waals surface area contributed by atoms with Crippen molar-refractivity contribution in [2.45, 2.75) is 0 Å². The predicted octanol–water partition coefficient (Wildman–Crippen LogP) is 2.16. The lowest BCUT2D eigenvalue weighted by Crippen LogP contribution is -2.49. The monoisotopic (exact) mass is 371 g/mol. The van der Waals surface area contributed by atoms with Crippen molar-refractivity contribution < 1.29 is 9.18 Å². The average Bonchev–Trinajstić information content (AvgIpc) is 2.68. The number of hydrogen-bond acceptors (Lipinski definition) is 5. The summed E-state index contributed by atoms with van der Waals surface area (Å²) in [5, 5.41) is 3.23. The molecule has 1 saturated heterocycles. The van der Waals surface area contributed by atoms with Gasteiger partial charge in [-0.2, -0.15) is 0 Å². The van der Waals surface area contributed by atoms with E-state index >= 15 is 0 Å². The minimum atomic E-state index is -0.223. The maximum absolute atomic E-state index is 13.9. The van der Waals surface area contributed by atoms with Gasteiger partial charge in [0.25, 0.3) is 5.91 Å². The van der Waals surface area contributed by atoms with E-state index in [0.29, 0.717) is 37.4 Å². The Kier molecular flexibility index (Phi) is 6.24. The SMILES string of the molecule is CN(C)CCNc1ccc(C(=O)N2CCN(c3ccccc3F)CC2)cn1. The molecule has 0 atom stereocenters. The molecule has 3 rings (SSSR count). The largest absolute Gasteiger partial charge is 0.369 e. The molecule has 2 heterocycles. The summed E-state index contributed by atoms with van der Waals surface area (Å²) in [7, 11) is 4.03. The van der Waals surface area contributed by atoms with E-state index in [1.54, 1.807) is 29.3 Å². The van der Waals surface area contributed by atoms with Gasteiger partial charge in [0.15, 0.2) is 0 Å². The zero-order valence-corrected chi connectivity index (χ0v) is 15.9. The highest BCUT2D eigenvalue weighted by atomic mass is 19.1. The number of para-hydroxylation sites is 1. The van der Waals surface area contributed by atoms with Crippen LogP contribution in [-0.2, 0) is 0 Å². The van der Waals surface area contributed by atoms with E-state index in [9.17, 15) is 9.18 Å². The fourth-order valence-electron chi connectivity index (χ4n) is 3.07. The van der Waals surface area contributed by atoms with Crippen LogP contribution < -0.4 is 10.2 Å². The van der Waals surface area contributed by atoms with Crippen LogP contribution in [0, 0.1) is 5.82 Å². The lowest BCUT2D eigenvalue weighted by molar-refractivity contribution is 0.0746. The summed E-state index contributed by atoms with van der Waals surface area (Å²) in [4.78, 5) is 22.9. The number of anilines is 2. The van der Waals surface area contributed by atoms with Crippen LogP contribution in [-0.4, -0.2) is 74.1 Å². The summed E-state index contributed by atoms with van der Waals surface area (Å²) >= 11 is 0. The van der Waals surface area contributed by atoms with E-state index in [1.165, 1.54) is 6.07 Å². The van der Waals surface area contributed by atoms with Crippen molar-refractivity contribution in [3.63, 3.8) is 0 Å². The summed E-state index contributed by atoms with van der Waals surface area (Å²) in [5.74, 6) is 0.507. The maximum atomic E-state index is 13.9. The van der Waals surface area contributed by atoms with E-state index < -0.39 is 0 Å². The molecule has 1 amide bonds. The third-order valence-electron chi connectivity index (χ3n) is 4.64. The van der Waals surface area contributed by atoms with E-state index in [-0.39, 0.29) is 11.7 Å². The number of amides is 1. The first-order valence-corrected chi connectivity index (χ1v) is 9.18. The number of halogens is 1. The Morgan fingerprint density at radius 3 is 2.52 bits per heavy atom. The van der Waals surface area contributed by atoms with Crippen molar-refractivity contribution in [1.82, 2.24) is 14.8 Å². The van der Waals surface area contributed by atoms with Crippen molar-refractivity contribution in [2.75, 3.05) is 63.6 Å². The van der Waals surface area contributed by atoms with Gasteiger partial charge in [0, 0.05) is 45.5 Å². The average molecular weight is 371 g/mol. The Bertz CT molecular complexity index is 757. The van der Waals surface area contributed by atoms with Gasteiger partial charge in [-0.1, -0.05) is 12.1 Å². The minimum Gasteiger partial charge on any atom is -0.369 e. The van der Waals surface area contributed by atoms with Crippen LogP contribution >= 0.6 is 0 Å². The van der Waals surface area contributed by atoms with Crippen molar-refractivity contribution in [3.05, 3.63) is 54.0 Å². The van der Waals surface area contributed by atoms with E-state index in [1.807, 2.05) is 31.1 Å². The summed E-state index contributed by atoms with van der Waals surface area (Å²) in [6.07, 6.45) is 1.61. The number of nitrogens with one attached hydrogen (secondary N) is 1. The molecule has 0 saturated carbocycles. The van der Waals surface area contributed by atoms with Crippen LogP contribution in [0.2, 0.25) is 0 Å². The molecule has 27 heavy (non-hydrogen) atoms. The molecule has 7 heteroatoms. The normalized spacial score (nSPS) is 14.5. The zero-order chi connectivity index (χ0) is 19.2. The van der Waals surface area contributed by atoms with Gasteiger partial charge in [0.2, 0.25) is 0 Å². The number of pyridine rings is 1. The standard InChI is InChI=1S/C20H26FN5O/c1-24(2)10-9-22-19-8-7-16(15-23-19)20(27)26-13-11-25(12-14-26)18-6-4-3-5-17(18)21/h3-8,15H,9-14H2,1-2H3,(H,22,23). The molecular weight excluding hydrogens is 345 g/mol. The topological polar surface area (TPSA) is 51.7 Å². The molecule has 1 N–H and O–H groups in total. The van der Waals surface area contributed by atoms with Crippen LogP contribution in [0.4, 0.5) is 15.9 Å². The van der Waals surface area contributed by atoms with Crippen LogP contribution in [0.15, 0.2) is 42.6 Å². The summed E-state index contributed by atoms with van der Waals surface area (Å²) < 4.78 is 13.9. The molecular formula is C20H26FN5O. The van der Waals surface area contributed by atoms with Crippen molar-refractivity contribution in [2.24, 2.45) is 0 Å². The second-order valence-electron chi connectivity index (χ2n) is 6.89. The van der Waals surface area contributed by atoms with Gasteiger partial charge >= 0.3 is 0 Å². The number of hydrogen-bond donors (Lipinski definition) is 1. The van der Waals surface area contributed by atoms with Gasteiger partial charge in [0.1, 0.15) is 11.6 Å². The third-order valence-corrected chi connectivity index (χ3v) is 4.64. The van der Waals surface area contributed by atoms with Gasteiger partial charge in [-0.15, -0.1) is 0 Å². The van der Waals surface area contributed by atoms with Crippen molar-refractivity contribution >= 4 is 17.4 Å². The number of benzene rings is 1. The van der Waals surface area contributed by atoms with E-state index in [2.05, 4.69) is 15.2 Å². The van der Waals surface area contributed by atoms with Gasteiger partial charge in [-0.3, -0.25) is 4.79 Å². The molecule has 1 aromatic carbocycles. The van der Waals surface area contributed by atoms with E-state index in [0.717, 1.165) is 18.9 Å². The molecule has 0 unspecified atom stereocenters. The Morgan fingerprint density at radius 1 is 1.15 bits per heavy atom. The first-order chi connectivity index (χ1) is 13.0. The lowest BCUT2D eigenvalue weighted by Gasteiger charge is -2.36. The maximum Gasteiger partial charge on any atom is 0.255 e. The summed E-state index contributed by atoms with van der Waals surface area (Å²) in [5.41, 5.74) is 1.17. The van der Waals surface area contributed by atoms with Crippen LogP contribution in [0.25, 0.3) is 0 Å². The highest BCUT2D eigenvalue weighted by molar-refractivity contribution is 5.94. The first-order valence-electron chi connectivity index (χ1n) is 9.18. The van der Waals surface area contributed by atoms with Crippen LogP contribution in [0.5, 0.6) is 0 Å². The molecule has 1 aliphatic heterocycles. The fraction of sp³-hybridized carbons (Fsp3) is 0.400. The van der Waals surface area contributed by atoms with Gasteiger partial charge in [-0.25, -0.2) is 9.37 Å². The molecule has 0 radical (unpaired) electrons. The molecule has 1 aliphatic rings. The molecule has 144 valence electrons. The molecule has 6 nitrogen and oxygen atoms in total. The van der Waals surface area contributed by atoms with Crippen molar-refractivity contribution in [3.8, 4) is 0 Å². The zero-order valence-electron chi connectivity index (χ0n) is 15.9. The quantitative estimate of drug-likeness (QED) is 0.843. The number of carbonyl (C=O) groups is 1. The Balaban J connectivity index is 1.54. The fourth-order valence-corrected chi connectivity index (χ4v) is 3.07. The van der Waals surface area contributed by atoms with Gasteiger partial charge in [0.05, 0.1) is 11.3 Å². The van der Waals surface area contributed by atoms with Crippen LogP contribution in [0.3, 0.4) is 0 Å². The Morgan fingerprint density at radius 2 is 1.89 bits per heavy atom. The first kappa shape index (κ1) is 19.1. The van der Waals surface area contributed by atoms with E-state index in [4.69, 9.17) is 0 Å². The highest BCUT2D eigenvalue weighted by Crippen LogP contribution is 2.20. The van der Waals surface area contributed by atoms with Crippen LogP contribution in [0.1, 0.15) is 10.4 Å². The number of rotatable bonds is 6. The smallest absolute Gasteiger partial charge is 0.255 e. The second kappa shape index (κ2) is 8.81. The number of piperazine rings is 1. The number of nitrogens with zero attached hydrogens (tertiary/aromatic N) is 4. The molecule has 0 aliphatic carbocycles. The molecule has 0 bridgehead atoms. The third kappa shape index (κ3) is 4.95. The summed E-state index contributed by atoms with van der Waals surface area (Å²) in [6, 6.07) is 10.4.